The topological polar surface area (TPSA) is 29.3 Å². The summed E-state index contributed by atoms with van der Waals surface area (Å²) in [6.07, 6.45) is 0.906. The molecule has 0 saturated carbocycles. The predicted octanol–water partition coefficient (Wildman–Crippen LogP) is 3.73. The fourth-order valence-corrected chi connectivity index (χ4v) is 2.37. The average Bonchev–Trinajstić information content (AvgIpc) is 2.30. The van der Waals surface area contributed by atoms with Crippen LogP contribution in [0.15, 0.2) is 18.2 Å². The Labute approximate surface area is 114 Å². The summed E-state index contributed by atoms with van der Waals surface area (Å²) in [7, 11) is 0. The van der Waals surface area contributed by atoms with Crippen LogP contribution in [0, 0.1) is 0 Å². The molecule has 1 aromatic carbocycles. The highest BCUT2D eigenvalue weighted by atomic mass is 35.5. The van der Waals surface area contributed by atoms with Gasteiger partial charge in [0.15, 0.2) is 0 Å². The second-order valence-corrected chi connectivity index (χ2v) is 4.93. The minimum absolute atomic E-state index is 0.0274. The molecule has 0 bridgehead atoms. The zero-order valence-electron chi connectivity index (χ0n) is 10.4. The summed E-state index contributed by atoms with van der Waals surface area (Å²) < 4.78 is 0. The van der Waals surface area contributed by atoms with E-state index >= 15 is 0 Å². The van der Waals surface area contributed by atoms with Gasteiger partial charge in [-0.2, -0.15) is 0 Å². The molecule has 0 aliphatic rings. The third-order valence-electron chi connectivity index (χ3n) is 3.01. The van der Waals surface area contributed by atoms with E-state index < -0.39 is 0 Å². The van der Waals surface area contributed by atoms with E-state index in [4.69, 9.17) is 28.9 Å². The molecule has 0 fully saturated rings. The fourth-order valence-electron chi connectivity index (χ4n) is 1.82. The molecule has 0 spiro atoms. The van der Waals surface area contributed by atoms with E-state index in [2.05, 4.69) is 18.7 Å². The normalized spacial score (nSPS) is 13.1. The smallest absolute Gasteiger partial charge is 0.0468 e. The van der Waals surface area contributed by atoms with Gasteiger partial charge < -0.3 is 10.6 Å². The first-order valence-corrected chi connectivity index (χ1v) is 6.77. The SMILES string of the molecule is CCN(CC)CCC(N)c1ccc(Cl)cc1Cl. The maximum absolute atomic E-state index is 6.15. The summed E-state index contributed by atoms with van der Waals surface area (Å²) in [5, 5.41) is 1.30. The van der Waals surface area contributed by atoms with Gasteiger partial charge in [-0.3, -0.25) is 0 Å². The lowest BCUT2D eigenvalue weighted by Crippen LogP contribution is -2.27. The van der Waals surface area contributed by atoms with Crippen LogP contribution in [-0.4, -0.2) is 24.5 Å². The van der Waals surface area contributed by atoms with Crippen molar-refractivity contribution in [2.24, 2.45) is 5.73 Å². The fraction of sp³-hybridized carbons (Fsp3) is 0.538. The quantitative estimate of drug-likeness (QED) is 0.857. The molecule has 1 rings (SSSR count). The van der Waals surface area contributed by atoms with Crippen molar-refractivity contribution in [3.05, 3.63) is 33.8 Å². The number of hydrogen-bond donors (Lipinski definition) is 1. The Hall–Kier alpha value is -0.280. The lowest BCUT2D eigenvalue weighted by molar-refractivity contribution is 0.291. The van der Waals surface area contributed by atoms with Crippen molar-refractivity contribution in [2.45, 2.75) is 26.3 Å². The lowest BCUT2D eigenvalue weighted by atomic mass is 10.0. The Kier molecular flexibility index (Phi) is 6.28. The first-order valence-electron chi connectivity index (χ1n) is 6.01. The van der Waals surface area contributed by atoms with Crippen LogP contribution in [0.5, 0.6) is 0 Å². The first kappa shape index (κ1) is 14.8. The van der Waals surface area contributed by atoms with Crippen LogP contribution in [0.25, 0.3) is 0 Å². The van der Waals surface area contributed by atoms with E-state index in [1.165, 1.54) is 0 Å². The van der Waals surface area contributed by atoms with E-state index in [0.717, 1.165) is 31.6 Å². The number of hydrogen-bond acceptors (Lipinski definition) is 2. The Morgan fingerprint density at radius 1 is 1.24 bits per heavy atom. The zero-order chi connectivity index (χ0) is 12.8. The van der Waals surface area contributed by atoms with Crippen molar-refractivity contribution < 1.29 is 0 Å². The van der Waals surface area contributed by atoms with Crippen LogP contribution in [-0.2, 0) is 0 Å². The minimum Gasteiger partial charge on any atom is -0.324 e. The van der Waals surface area contributed by atoms with Gasteiger partial charge in [-0.1, -0.05) is 43.1 Å². The van der Waals surface area contributed by atoms with Crippen molar-refractivity contribution in [2.75, 3.05) is 19.6 Å². The Morgan fingerprint density at radius 3 is 2.41 bits per heavy atom. The van der Waals surface area contributed by atoms with Crippen molar-refractivity contribution in [1.29, 1.82) is 0 Å². The Balaban J connectivity index is 2.60. The largest absolute Gasteiger partial charge is 0.324 e. The summed E-state index contributed by atoms with van der Waals surface area (Å²) in [6.45, 7) is 7.41. The molecule has 0 saturated heterocycles. The zero-order valence-corrected chi connectivity index (χ0v) is 11.9. The van der Waals surface area contributed by atoms with Gasteiger partial charge >= 0.3 is 0 Å². The number of nitrogens with zero attached hydrogens (tertiary/aromatic N) is 1. The van der Waals surface area contributed by atoms with Crippen LogP contribution in [0.4, 0.5) is 0 Å². The summed E-state index contributed by atoms with van der Waals surface area (Å²) in [5.41, 5.74) is 7.12. The molecule has 17 heavy (non-hydrogen) atoms. The van der Waals surface area contributed by atoms with Crippen LogP contribution in [0.3, 0.4) is 0 Å². The Morgan fingerprint density at radius 2 is 1.88 bits per heavy atom. The highest BCUT2D eigenvalue weighted by Crippen LogP contribution is 2.26. The van der Waals surface area contributed by atoms with Crippen LogP contribution in [0.2, 0.25) is 10.0 Å². The number of halogens is 2. The van der Waals surface area contributed by atoms with Crippen LogP contribution in [0.1, 0.15) is 31.9 Å². The van der Waals surface area contributed by atoms with Crippen molar-refractivity contribution >= 4 is 23.2 Å². The molecular weight excluding hydrogens is 255 g/mol. The number of rotatable bonds is 6. The molecule has 1 aromatic rings. The molecule has 0 amide bonds. The van der Waals surface area contributed by atoms with E-state index in [-0.39, 0.29) is 6.04 Å². The summed E-state index contributed by atoms with van der Waals surface area (Å²) in [4.78, 5) is 2.35. The van der Waals surface area contributed by atoms with E-state index in [9.17, 15) is 0 Å². The van der Waals surface area contributed by atoms with Gasteiger partial charge in [0.05, 0.1) is 0 Å². The van der Waals surface area contributed by atoms with Gasteiger partial charge in [-0.25, -0.2) is 0 Å². The van der Waals surface area contributed by atoms with Crippen molar-refractivity contribution in [3.8, 4) is 0 Å². The molecule has 0 aliphatic heterocycles. The maximum atomic E-state index is 6.15. The van der Waals surface area contributed by atoms with Crippen molar-refractivity contribution in [3.63, 3.8) is 0 Å². The average molecular weight is 275 g/mol. The minimum atomic E-state index is -0.0274. The molecular formula is C13H20Cl2N2. The lowest BCUT2D eigenvalue weighted by Gasteiger charge is -2.21. The van der Waals surface area contributed by atoms with Gasteiger partial charge in [-0.05, 0) is 43.8 Å². The Bertz CT molecular complexity index is 351. The second kappa shape index (κ2) is 7.22. The van der Waals surface area contributed by atoms with Crippen LogP contribution >= 0.6 is 23.2 Å². The third-order valence-corrected chi connectivity index (χ3v) is 3.58. The molecule has 0 aromatic heterocycles. The van der Waals surface area contributed by atoms with E-state index in [0.29, 0.717) is 10.0 Å². The molecule has 0 radical (unpaired) electrons. The maximum Gasteiger partial charge on any atom is 0.0468 e. The number of benzene rings is 1. The molecule has 4 heteroatoms. The van der Waals surface area contributed by atoms with Crippen LogP contribution < -0.4 is 5.73 Å². The predicted molar refractivity (Wildman–Crippen MR) is 75.8 cm³/mol. The van der Waals surface area contributed by atoms with Gasteiger partial charge in [0, 0.05) is 16.1 Å². The molecule has 2 N–H and O–H groups in total. The third kappa shape index (κ3) is 4.47. The van der Waals surface area contributed by atoms with Crippen molar-refractivity contribution in [1.82, 2.24) is 4.90 Å². The highest BCUT2D eigenvalue weighted by molar-refractivity contribution is 6.35. The summed E-state index contributed by atoms with van der Waals surface area (Å²) >= 11 is 12.0. The summed E-state index contributed by atoms with van der Waals surface area (Å²) in [6, 6.07) is 5.47. The van der Waals surface area contributed by atoms with E-state index in [1.807, 2.05) is 12.1 Å². The second-order valence-electron chi connectivity index (χ2n) is 4.09. The van der Waals surface area contributed by atoms with E-state index in [1.54, 1.807) is 6.07 Å². The molecule has 1 atom stereocenters. The first-order chi connectivity index (χ1) is 8.08. The molecule has 0 aliphatic carbocycles. The molecule has 96 valence electrons. The molecule has 2 nitrogen and oxygen atoms in total. The number of nitrogens with two attached hydrogens (primary N) is 1. The monoisotopic (exact) mass is 274 g/mol. The van der Waals surface area contributed by atoms with Gasteiger partial charge in [0.1, 0.15) is 0 Å². The molecule has 0 heterocycles. The van der Waals surface area contributed by atoms with Gasteiger partial charge in [0.2, 0.25) is 0 Å². The molecule has 1 unspecified atom stereocenters. The van der Waals surface area contributed by atoms with Gasteiger partial charge in [-0.15, -0.1) is 0 Å². The van der Waals surface area contributed by atoms with Gasteiger partial charge in [0.25, 0.3) is 0 Å². The standard InChI is InChI=1S/C13H20Cl2N2/c1-3-17(4-2)8-7-13(16)11-6-5-10(14)9-12(11)15/h5-6,9,13H,3-4,7-8,16H2,1-2H3. The highest BCUT2D eigenvalue weighted by Gasteiger charge is 2.11. The summed E-state index contributed by atoms with van der Waals surface area (Å²) in [5.74, 6) is 0.